The molecule has 0 fully saturated rings. The summed E-state index contributed by atoms with van der Waals surface area (Å²) in [6.07, 6.45) is -4.50. The van der Waals surface area contributed by atoms with Gasteiger partial charge in [-0.2, -0.15) is 23.7 Å². The number of hydrogen-bond acceptors (Lipinski definition) is 5. The Bertz CT molecular complexity index is 1220. The number of aromatic nitrogens is 1. The number of halogens is 3. The molecule has 2 N–H and O–H groups in total. The van der Waals surface area contributed by atoms with E-state index >= 15 is 0 Å². The summed E-state index contributed by atoms with van der Waals surface area (Å²) >= 11 is 0. The van der Waals surface area contributed by atoms with Gasteiger partial charge in [0.25, 0.3) is 0 Å². The van der Waals surface area contributed by atoms with Crippen molar-refractivity contribution in [3.63, 3.8) is 0 Å². The summed E-state index contributed by atoms with van der Waals surface area (Å²) in [4.78, 5) is 6.42. The van der Waals surface area contributed by atoms with Crippen molar-refractivity contribution < 1.29 is 13.2 Å². The van der Waals surface area contributed by atoms with E-state index < -0.39 is 11.7 Å². The molecule has 2 aromatic carbocycles. The van der Waals surface area contributed by atoms with Crippen LogP contribution in [0.4, 0.5) is 19.0 Å². The van der Waals surface area contributed by atoms with Crippen LogP contribution in [0.1, 0.15) is 29.2 Å². The van der Waals surface area contributed by atoms with Crippen LogP contribution in [-0.4, -0.2) is 23.5 Å². The maximum absolute atomic E-state index is 13.0. The lowest BCUT2D eigenvalue weighted by molar-refractivity contribution is -0.137. The lowest BCUT2D eigenvalue weighted by Crippen LogP contribution is -2.16. The number of nitriles is 2. The molecule has 0 aliphatic heterocycles. The highest BCUT2D eigenvalue weighted by atomic mass is 19.4. The summed E-state index contributed by atoms with van der Waals surface area (Å²) in [6.45, 7) is 3.58. The van der Waals surface area contributed by atoms with E-state index in [-0.39, 0.29) is 33.8 Å². The van der Waals surface area contributed by atoms with Gasteiger partial charge in [-0.1, -0.05) is 37.3 Å². The second-order valence-corrected chi connectivity index (χ2v) is 7.30. The maximum atomic E-state index is 13.0. The molecule has 0 saturated heterocycles. The number of nitrogens with zero attached hydrogens (tertiary/aromatic N) is 4. The smallest absolute Gasteiger partial charge is 0.383 e. The van der Waals surface area contributed by atoms with Crippen molar-refractivity contribution in [2.45, 2.75) is 19.6 Å². The molecular weight excluding hydrogens is 415 g/mol. The van der Waals surface area contributed by atoms with Crippen molar-refractivity contribution in [2.24, 2.45) is 0 Å². The number of nitrogen functional groups attached to an aromatic ring is 1. The van der Waals surface area contributed by atoms with E-state index in [9.17, 15) is 23.7 Å². The minimum atomic E-state index is -4.50. The second kappa shape index (κ2) is 9.09. The fourth-order valence-electron chi connectivity index (χ4n) is 3.39. The van der Waals surface area contributed by atoms with Crippen molar-refractivity contribution in [3.05, 3.63) is 70.8 Å². The number of pyridine rings is 1. The second-order valence-electron chi connectivity index (χ2n) is 7.30. The normalized spacial score (nSPS) is 11.2. The molecule has 0 aliphatic rings. The van der Waals surface area contributed by atoms with Crippen LogP contribution in [0, 0.1) is 22.7 Å². The molecule has 0 spiro atoms. The highest BCUT2D eigenvalue weighted by Crippen LogP contribution is 2.37. The van der Waals surface area contributed by atoms with Gasteiger partial charge in [0.15, 0.2) is 0 Å². The standard InChI is InChI=1S/C24H20F3N5/c1-3-32(2)14-15-5-4-6-17(11-15)22-19(12-28)21(20(13-29)23(30)31-22)16-7-9-18(10-8-16)24(25,26)27/h4-11H,3,14H2,1-2H3,(H2,30,31). The van der Waals surface area contributed by atoms with Gasteiger partial charge in [0.1, 0.15) is 23.5 Å². The van der Waals surface area contributed by atoms with E-state index in [1.807, 2.05) is 38.2 Å². The van der Waals surface area contributed by atoms with E-state index in [2.05, 4.69) is 16.0 Å². The minimum absolute atomic E-state index is 0.0491. The molecule has 5 nitrogen and oxygen atoms in total. The Labute approximate surface area is 184 Å². The molecule has 1 heterocycles. The molecule has 0 amide bonds. The third kappa shape index (κ3) is 4.56. The van der Waals surface area contributed by atoms with Gasteiger partial charge in [-0.3, -0.25) is 0 Å². The zero-order valence-corrected chi connectivity index (χ0v) is 17.5. The number of alkyl halides is 3. The lowest BCUT2D eigenvalue weighted by Gasteiger charge is -2.16. The highest BCUT2D eigenvalue weighted by Gasteiger charge is 2.30. The number of rotatable bonds is 5. The van der Waals surface area contributed by atoms with Crippen LogP contribution in [0.5, 0.6) is 0 Å². The molecule has 3 rings (SSSR count). The molecule has 0 radical (unpaired) electrons. The zero-order valence-electron chi connectivity index (χ0n) is 17.5. The number of hydrogen-bond donors (Lipinski definition) is 1. The Kier molecular flexibility index (Phi) is 6.47. The third-order valence-corrected chi connectivity index (χ3v) is 5.14. The summed E-state index contributed by atoms with van der Waals surface area (Å²) in [5.41, 5.74) is 7.60. The van der Waals surface area contributed by atoms with Gasteiger partial charge in [0, 0.05) is 17.7 Å². The predicted octanol–water partition coefficient (Wildman–Crippen LogP) is 5.21. The summed E-state index contributed by atoms with van der Waals surface area (Å²) in [5, 5.41) is 19.6. The molecule has 32 heavy (non-hydrogen) atoms. The third-order valence-electron chi connectivity index (χ3n) is 5.14. The molecule has 0 bridgehead atoms. The van der Waals surface area contributed by atoms with Gasteiger partial charge < -0.3 is 10.6 Å². The van der Waals surface area contributed by atoms with Gasteiger partial charge in [-0.05, 0) is 42.9 Å². The van der Waals surface area contributed by atoms with E-state index in [0.29, 0.717) is 12.1 Å². The topological polar surface area (TPSA) is 89.7 Å². The number of anilines is 1. The quantitative estimate of drug-likeness (QED) is 0.594. The first-order valence-corrected chi connectivity index (χ1v) is 9.78. The van der Waals surface area contributed by atoms with Crippen LogP contribution < -0.4 is 5.73 Å². The molecule has 1 aromatic heterocycles. The Balaban J connectivity index is 2.22. The van der Waals surface area contributed by atoms with Gasteiger partial charge >= 0.3 is 6.18 Å². The van der Waals surface area contributed by atoms with E-state index in [4.69, 9.17) is 5.73 Å². The first kappa shape index (κ1) is 22.8. The predicted molar refractivity (Wildman–Crippen MR) is 116 cm³/mol. The van der Waals surface area contributed by atoms with Crippen molar-refractivity contribution in [1.29, 1.82) is 10.5 Å². The molecule has 0 atom stereocenters. The van der Waals surface area contributed by atoms with Gasteiger partial charge in [-0.15, -0.1) is 0 Å². The van der Waals surface area contributed by atoms with Crippen LogP contribution in [0.25, 0.3) is 22.4 Å². The van der Waals surface area contributed by atoms with E-state index in [1.165, 1.54) is 12.1 Å². The first-order chi connectivity index (χ1) is 15.2. The Morgan fingerprint density at radius 3 is 2.22 bits per heavy atom. The van der Waals surface area contributed by atoms with Gasteiger partial charge in [-0.25, -0.2) is 4.98 Å². The van der Waals surface area contributed by atoms with Crippen LogP contribution >= 0.6 is 0 Å². The largest absolute Gasteiger partial charge is 0.416 e. The Morgan fingerprint density at radius 2 is 1.66 bits per heavy atom. The SMILES string of the molecule is CCN(C)Cc1cccc(-c2nc(N)c(C#N)c(-c3ccc(C(F)(F)F)cc3)c2C#N)c1. The molecule has 0 aliphatic carbocycles. The average Bonchev–Trinajstić information content (AvgIpc) is 2.77. The van der Waals surface area contributed by atoms with E-state index in [1.54, 1.807) is 6.07 Å². The van der Waals surface area contributed by atoms with E-state index in [0.717, 1.165) is 24.2 Å². The molecule has 0 unspecified atom stereocenters. The van der Waals surface area contributed by atoms with Crippen LogP contribution in [0.2, 0.25) is 0 Å². The summed E-state index contributed by atoms with van der Waals surface area (Å²) in [5.74, 6) is -0.0903. The number of nitrogens with two attached hydrogens (primary N) is 1. The van der Waals surface area contributed by atoms with Crippen molar-refractivity contribution in [1.82, 2.24) is 9.88 Å². The van der Waals surface area contributed by atoms with Crippen LogP contribution in [-0.2, 0) is 12.7 Å². The summed E-state index contributed by atoms with van der Waals surface area (Å²) in [6, 6.07) is 15.8. The maximum Gasteiger partial charge on any atom is 0.416 e. The monoisotopic (exact) mass is 435 g/mol. The fourth-order valence-corrected chi connectivity index (χ4v) is 3.39. The molecule has 8 heteroatoms. The minimum Gasteiger partial charge on any atom is -0.383 e. The van der Waals surface area contributed by atoms with Gasteiger partial charge in [0.05, 0.1) is 16.8 Å². The van der Waals surface area contributed by atoms with Crippen molar-refractivity contribution in [2.75, 3.05) is 19.3 Å². The Hall–Kier alpha value is -3.88. The fraction of sp³-hybridized carbons (Fsp3) is 0.208. The highest BCUT2D eigenvalue weighted by molar-refractivity contribution is 5.87. The zero-order chi connectivity index (χ0) is 23.5. The summed E-state index contributed by atoms with van der Waals surface area (Å²) in [7, 11) is 1.98. The average molecular weight is 435 g/mol. The molecular formula is C24H20F3N5. The van der Waals surface area contributed by atoms with Crippen molar-refractivity contribution >= 4 is 5.82 Å². The van der Waals surface area contributed by atoms with Crippen molar-refractivity contribution in [3.8, 4) is 34.5 Å². The molecule has 0 saturated carbocycles. The first-order valence-electron chi connectivity index (χ1n) is 9.78. The molecule has 162 valence electrons. The lowest BCUT2D eigenvalue weighted by atomic mass is 9.91. The van der Waals surface area contributed by atoms with Gasteiger partial charge in [0.2, 0.25) is 0 Å². The Morgan fingerprint density at radius 1 is 1.00 bits per heavy atom. The number of benzene rings is 2. The molecule has 3 aromatic rings. The van der Waals surface area contributed by atoms with Crippen LogP contribution in [0.15, 0.2) is 48.5 Å². The summed E-state index contributed by atoms with van der Waals surface area (Å²) < 4.78 is 38.9. The van der Waals surface area contributed by atoms with Crippen LogP contribution in [0.3, 0.4) is 0 Å².